The van der Waals surface area contributed by atoms with Crippen molar-refractivity contribution in [3.05, 3.63) is 17.5 Å². The molecule has 3 rings (SSSR count). The lowest BCUT2D eigenvalue weighted by atomic mass is 9.84. The quantitative estimate of drug-likeness (QED) is 0.894. The van der Waals surface area contributed by atoms with E-state index in [-0.39, 0.29) is 0 Å². The fraction of sp³-hybridized carbons (Fsp3) is 0.812. The SMILES string of the molecule is CCc1nn(C)cc1C1C(CNC)CCCN1C1CC1. The van der Waals surface area contributed by atoms with Crippen LogP contribution in [-0.2, 0) is 13.5 Å². The Labute approximate surface area is 122 Å². The summed E-state index contributed by atoms with van der Waals surface area (Å²) in [6, 6.07) is 1.41. The van der Waals surface area contributed by atoms with Gasteiger partial charge < -0.3 is 5.32 Å². The van der Waals surface area contributed by atoms with Gasteiger partial charge in [0.2, 0.25) is 0 Å². The van der Waals surface area contributed by atoms with Crippen molar-refractivity contribution in [3.63, 3.8) is 0 Å². The Hall–Kier alpha value is -0.870. The molecule has 20 heavy (non-hydrogen) atoms. The van der Waals surface area contributed by atoms with Crippen LogP contribution in [0.3, 0.4) is 0 Å². The van der Waals surface area contributed by atoms with Crippen molar-refractivity contribution in [2.75, 3.05) is 20.1 Å². The summed E-state index contributed by atoms with van der Waals surface area (Å²) in [6.45, 7) is 4.61. The average molecular weight is 276 g/mol. The summed E-state index contributed by atoms with van der Waals surface area (Å²) in [5.74, 6) is 0.726. The summed E-state index contributed by atoms with van der Waals surface area (Å²) < 4.78 is 2.00. The molecule has 4 nitrogen and oxygen atoms in total. The number of nitrogens with zero attached hydrogens (tertiary/aromatic N) is 3. The molecule has 0 bridgehead atoms. The minimum Gasteiger partial charge on any atom is -0.319 e. The predicted octanol–water partition coefficient (Wildman–Crippen LogP) is 2.12. The second-order valence-electron chi connectivity index (χ2n) is 6.43. The zero-order valence-corrected chi connectivity index (χ0v) is 13.1. The van der Waals surface area contributed by atoms with Crippen LogP contribution >= 0.6 is 0 Å². The van der Waals surface area contributed by atoms with E-state index in [0.29, 0.717) is 6.04 Å². The molecule has 4 heteroatoms. The van der Waals surface area contributed by atoms with E-state index in [0.717, 1.165) is 24.9 Å². The van der Waals surface area contributed by atoms with E-state index in [1.54, 1.807) is 0 Å². The minimum atomic E-state index is 0.576. The van der Waals surface area contributed by atoms with Crippen LogP contribution in [0.4, 0.5) is 0 Å². The smallest absolute Gasteiger partial charge is 0.0669 e. The fourth-order valence-corrected chi connectivity index (χ4v) is 3.90. The number of hydrogen-bond donors (Lipinski definition) is 1. The maximum atomic E-state index is 4.68. The lowest BCUT2D eigenvalue weighted by molar-refractivity contribution is 0.0839. The van der Waals surface area contributed by atoms with E-state index in [4.69, 9.17) is 0 Å². The molecule has 0 aromatic carbocycles. The maximum Gasteiger partial charge on any atom is 0.0669 e. The molecular formula is C16H28N4. The van der Waals surface area contributed by atoms with E-state index < -0.39 is 0 Å². The largest absolute Gasteiger partial charge is 0.319 e. The summed E-state index contributed by atoms with van der Waals surface area (Å²) in [6.07, 6.45) is 8.78. The third-order valence-corrected chi connectivity index (χ3v) is 4.87. The van der Waals surface area contributed by atoms with Crippen LogP contribution < -0.4 is 5.32 Å². The van der Waals surface area contributed by atoms with Crippen molar-refractivity contribution in [2.24, 2.45) is 13.0 Å². The first-order valence-electron chi connectivity index (χ1n) is 8.17. The molecule has 112 valence electrons. The van der Waals surface area contributed by atoms with Crippen LogP contribution in [0.25, 0.3) is 0 Å². The Bertz CT molecular complexity index is 447. The topological polar surface area (TPSA) is 33.1 Å². The van der Waals surface area contributed by atoms with Gasteiger partial charge in [0.1, 0.15) is 0 Å². The second-order valence-corrected chi connectivity index (χ2v) is 6.43. The molecule has 1 aromatic heterocycles. The molecule has 2 fully saturated rings. The predicted molar refractivity (Wildman–Crippen MR) is 81.7 cm³/mol. The molecule has 1 saturated carbocycles. The molecule has 0 radical (unpaired) electrons. The van der Waals surface area contributed by atoms with Gasteiger partial charge in [-0.2, -0.15) is 5.10 Å². The lowest BCUT2D eigenvalue weighted by Gasteiger charge is -2.42. The first-order chi connectivity index (χ1) is 9.74. The zero-order chi connectivity index (χ0) is 14.1. The molecule has 0 spiro atoms. The first-order valence-corrected chi connectivity index (χ1v) is 8.17. The number of aryl methyl sites for hydroxylation is 2. The van der Waals surface area contributed by atoms with Crippen LogP contribution in [-0.4, -0.2) is 40.9 Å². The minimum absolute atomic E-state index is 0.576. The highest BCUT2D eigenvalue weighted by molar-refractivity contribution is 5.24. The summed E-state index contributed by atoms with van der Waals surface area (Å²) >= 11 is 0. The van der Waals surface area contributed by atoms with Gasteiger partial charge in [-0.25, -0.2) is 0 Å². The van der Waals surface area contributed by atoms with Crippen LogP contribution in [0.15, 0.2) is 6.20 Å². The number of piperidine rings is 1. The van der Waals surface area contributed by atoms with Crippen molar-refractivity contribution in [1.29, 1.82) is 0 Å². The molecule has 2 atom stereocenters. The van der Waals surface area contributed by atoms with Gasteiger partial charge in [-0.15, -0.1) is 0 Å². The van der Waals surface area contributed by atoms with Gasteiger partial charge in [0.05, 0.1) is 5.69 Å². The van der Waals surface area contributed by atoms with Crippen molar-refractivity contribution < 1.29 is 0 Å². The molecule has 1 N–H and O–H groups in total. The standard InChI is InChI=1S/C16H28N4/c1-4-15-14(11-19(3)18-15)16-12(10-17-2)6-5-9-20(16)13-7-8-13/h11-13,16-17H,4-10H2,1-3H3. The zero-order valence-electron chi connectivity index (χ0n) is 13.1. The molecule has 2 heterocycles. The normalized spacial score (nSPS) is 27.9. The second kappa shape index (κ2) is 5.86. The van der Waals surface area contributed by atoms with Gasteiger partial charge in [0, 0.05) is 30.9 Å². The maximum absolute atomic E-state index is 4.68. The van der Waals surface area contributed by atoms with Gasteiger partial charge in [-0.05, 0) is 58.2 Å². The third-order valence-electron chi connectivity index (χ3n) is 4.87. The van der Waals surface area contributed by atoms with Gasteiger partial charge in [-0.1, -0.05) is 6.92 Å². The molecule has 2 aliphatic rings. The Balaban J connectivity index is 1.93. The van der Waals surface area contributed by atoms with Crippen molar-refractivity contribution in [1.82, 2.24) is 20.0 Å². The Morgan fingerprint density at radius 1 is 1.35 bits per heavy atom. The Morgan fingerprint density at radius 3 is 2.80 bits per heavy atom. The van der Waals surface area contributed by atoms with Crippen LogP contribution in [0.2, 0.25) is 0 Å². The Morgan fingerprint density at radius 2 is 2.15 bits per heavy atom. The highest BCUT2D eigenvalue weighted by Crippen LogP contribution is 2.43. The molecule has 1 saturated heterocycles. The van der Waals surface area contributed by atoms with Gasteiger partial charge in [-0.3, -0.25) is 9.58 Å². The van der Waals surface area contributed by atoms with Crippen molar-refractivity contribution in [2.45, 2.75) is 51.1 Å². The highest BCUT2D eigenvalue weighted by atomic mass is 15.3. The molecule has 1 aliphatic heterocycles. The summed E-state index contributed by atoms with van der Waals surface area (Å²) in [5.41, 5.74) is 2.79. The first kappa shape index (κ1) is 14.1. The van der Waals surface area contributed by atoms with Crippen molar-refractivity contribution in [3.8, 4) is 0 Å². The van der Waals surface area contributed by atoms with Crippen LogP contribution in [0.1, 0.15) is 49.9 Å². The van der Waals surface area contributed by atoms with Crippen LogP contribution in [0.5, 0.6) is 0 Å². The number of nitrogens with one attached hydrogen (secondary N) is 1. The van der Waals surface area contributed by atoms with E-state index in [1.165, 1.54) is 43.5 Å². The third kappa shape index (κ3) is 2.63. The number of aromatic nitrogens is 2. The molecule has 1 aliphatic carbocycles. The molecular weight excluding hydrogens is 248 g/mol. The number of likely N-dealkylation sites (tertiary alicyclic amines) is 1. The lowest BCUT2D eigenvalue weighted by Crippen LogP contribution is -2.43. The van der Waals surface area contributed by atoms with Gasteiger partial charge >= 0.3 is 0 Å². The molecule has 0 amide bonds. The summed E-state index contributed by atoms with van der Waals surface area (Å²) in [7, 11) is 4.14. The average Bonchev–Trinajstić information content (AvgIpc) is 3.22. The number of hydrogen-bond acceptors (Lipinski definition) is 3. The van der Waals surface area contributed by atoms with Crippen molar-refractivity contribution >= 4 is 0 Å². The summed E-state index contributed by atoms with van der Waals surface area (Å²) in [5, 5.41) is 8.09. The monoisotopic (exact) mass is 276 g/mol. The van der Waals surface area contributed by atoms with E-state index in [1.807, 2.05) is 4.68 Å². The number of rotatable bonds is 5. The van der Waals surface area contributed by atoms with E-state index >= 15 is 0 Å². The highest BCUT2D eigenvalue weighted by Gasteiger charge is 2.41. The summed E-state index contributed by atoms with van der Waals surface area (Å²) in [4.78, 5) is 2.78. The van der Waals surface area contributed by atoms with Gasteiger partial charge in [0.25, 0.3) is 0 Å². The molecule has 2 unspecified atom stereocenters. The fourth-order valence-electron chi connectivity index (χ4n) is 3.90. The van der Waals surface area contributed by atoms with E-state index in [9.17, 15) is 0 Å². The van der Waals surface area contributed by atoms with Crippen LogP contribution in [0, 0.1) is 5.92 Å². The van der Waals surface area contributed by atoms with Gasteiger partial charge in [0.15, 0.2) is 0 Å². The van der Waals surface area contributed by atoms with E-state index in [2.05, 4.69) is 42.5 Å². The molecule has 1 aromatic rings. The Kier molecular flexibility index (Phi) is 4.13.